The molecule has 132 valence electrons. The van der Waals surface area contributed by atoms with Gasteiger partial charge in [0.05, 0.1) is 24.8 Å². The highest BCUT2D eigenvalue weighted by molar-refractivity contribution is 7.98. The minimum absolute atomic E-state index is 0.0282. The van der Waals surface area contributed by atoms with E-state index >= 15 is 0 Å². The van der Waals surface area contributed by atoms with Crippen molar-refractivity contribution in [1.29, 1.82) is 5.26 Å². The zero-order chi connectivity index (χ0) is 18.7. The monoisotopic (exact) mass is 387 g/mol. The zero-order valence-corrected chi connectivity index (χ0v) is 15.6. The van der Waals surface area contributed by atoms with E-state index in [0.29, 0.717) is 33.1 Å². The molecule has 0 radical (unpaired) electrons. The third-order valence-electron chi connectivity index (χ3n) is 3.74. The lowest BCUT2D eigenvalue weighted by Gasteiger charge is -2.07. The molecule has 0 aliphatic carbocycles. The number of nitrogens with zero attached hydrogens (tertiary/aromatic N) is 4. The molecule has 2 aromatic heterocycles. The number of thioether (sulfide) groups is 1. The van der Waals surface area contributed by atoms with Gasteiger partial charge in [-0.1, -0.05) is 23.4 Å². The van der Waals surface area contributed by atoms with Gasteiger partial charge in [0.2, 0.25) is 0 Å². The summed E-state index contributed by atoms with van der Waals surface area (Å²) in [4.78, 5) is 23.6. The molecule has 7 nitrogen and oxygen atoms in total. The molecule has 1 N–H and O–H groups in total. The molecule has 0 amide bonds. The summed E-state index contributed by atoms with van der Waals surface area (Å²) < 4.78 is 6.88. The van der Waals surface area contributed by atoms with Crippen molar-refractivity contribution in [3.63, 3.8) is 0 Å². The minimum Gasteiger partial charge on any atom is -0.497 e. The second-order valence-corrected chi connectivity index (χ2v) is 6.63. The van der Waals surface area contributed by atoms with Crippen LogP contribution in [0.2, 0.25) is 5.15 Å². The molecule has 1 aromatic carbocycles. The highest BCUT2D eigenvalue weighted by atomic mass is 35.5. The third-order valence-corrected chi connectivity index (χ3v) is 4.96. The van der Waals surface area contributed by atoms with Crippen molar-refractivity contribution >= 4 is 23.4 Å². The Morgan fingerprint density at radius 3 is 2.69 bits per heavy atom. The van der Waals surface area contributed by atoms with Crippen molar-refractivity contribution in [2.75, 3.05) is 7.11 Å². The fourth-order valence-electron chi connectivity index (χ4n) is 2.27. The first-order valence-corrected chi connectivity index (χ1v) is 8.87. The van der Waals surface area contributed by atoms with Gasteiger partial charge < -0.3 is 14.3 Å². The Balaban J connectivity index is 1.95. The van der Waals surface area contributed by atoms with E-state index < -0.39 is 5.56 Å². The lowest BCUT2D eigenvalue weighted by molar-refractivity contribution is 0.415. The summed E-state index contributed by atoms with van der Waals surface area (Å²) in [5.41, 5.74) is 0.489. The molecule has 0 unspecified atom stereocenters. The molecule has 0 saturated heterocycles. The maximum Gasteiger partial charge on any atom is 0.270 e. The second kappa shape index (κ2) is 7.64. The molecule has 3 aromatic rings. The predicted octanol–water partition coefficient (Wildman–Crippen LogP) is 3.00. The van der Waals surface area contributed by atoms with E-state index in [4.69, 9.17) is 16.3 Å². The molecule has 0 spiro atoms. The molecule has 3 rings (SSSR count). The average Bonchev–Trinajstić information content (AvgIpc) is 2.98. The van der Waals surface area contributed by atoms with Crippen molar-refractivity contribution in [2.24, 2.45) is 7.05 Å². The van der Waals surface area contributed by atoms with Gasteiger partial charge in [0.15, 0.2) is 5.16 Å². The van der Waals surface area contributed by atoms with Crippen molar-refractivity contribution in [1.82, 2.24) is 19.5 Å². The summed E-state index contributed by atoms with van der Waals surface area (Å²) in [6.45, 7) is 0. The smallest absolute Gasteiger partial charge is 0.270 e. The van der Waals surface area contributed by atoms with E-state index in [9.17, 15) is 10.1 Å². The molecule has 0 aliphatic rings. The number of aromatic nitrogens is 4. The van der Waals surface area contributed by atoms with Crippen LogP contribution in [0.4, 0.5) is 0 Å². The number of aromatic amines is 1. The molecule has 0 aliphatic heterocycles. The van der Waals surface area contributed by atoms with Gasteiger partial charge in [0, 0.05) is 12.6 Å². The van der Waals surface area contributed by atoms with Crippen LogP contribution in [0.15, 0.2) is 40.4 Å². The molecular formula is C17H14ClN5O2S. The summed E-state index contributed by atoms with van der Waals surface area (Å²) in [5, 5.41) is 10.3. The van der Waals surface area contributed by atoms with Gasteiger partial charge in [-0.15, -0.1) is 0 Å². The van der Waals surface area contributed by atoms with Crippen LogP contribution in [0.25, 0.3) is 11.3 Å². The molecular weight excluding hydrogens is 374 g/mol. The minimum atomic E-state index is -0.478. The van der Waals surface area contributed by atoms with Gasteiger partial charge in [-0.3, -0.25) is 4.79 Å². The Kier molecular flexibility index (Phi) is 5.30. The number of nitrogens with one attached hydrogen (secondary N) is 1. The summed E-state index contributed by atoms with van der Waals surface area (Å²) in [6, 6.07) is 8.94. The van der Waals surface area contributed by atoms with Gasteiger partial charge in [0.25, 0.3) is 5.56 Å². The third kappa shape index (κ3) is 3.59. The van der Waals surface area contributed by atoms with E-state index in [1.54, 1.807) is 42.1 Å². The molecule has 26 heavy (non-hydrogen) atoms. The molecule has 9 heteroatoms. The summed E-state index contributed by atoms with van der Waals surface area (Å²) in [7, 11) is 3.38. The van der Waals surface area contributed by atoms with Crippen molar-refractivity contribution in [2.45, 2.75) is 10.9 Å². The van der Waals surface area contributed by atoms with Crippen LogP contribution in [0, 0.1) is 11.3 Å². The molecule has 0 bridgehead atoms. The van der Waals surface area contributed by atoms with E-state index in [2.05, 4.69) is 15.0 Å². The summed E-state index contributed by atoms with van der Waals surface area (Å²) in [6.07, 6.45) is 1.56. The Morgan fingerprint density at radius 1 is 1.38 bits per heavy atom. The zero-order valence-electron chi connectivity index (χ0n) is 14.0. The van der Waals surface area contributed by atoms with Crippen molar-refractivity contribution in [3.8, 4) is 23.1 Å². The lowest BCUT2D eigenvalue weighted by Crippen LogP contribution is -2.15. The second-order valence-electron chi connectivity index (χ2n) is 5.28. The average molecular weight is 388 g/mol. The van der Waals surface area contributed by atoms with Crippen LogP contribution in [-0.4, -0.2) is 26.6 Å². The van der Waals surface area contributed by atoms with Gasteiger partial charge in [-0.05, 0) is 24.3 Å². The van der Waals surface area contributed by atoms with E-state index in [1.165, 1.54) is 11.8 Å². The number of rotatable bonds is 5. The summed E-state index contributed by atoms with van der Waals surface area (Å²) >= 11 is 7.29. The van der Waals surface area contributed by atoms with Gasteiger partial charge in [-0.25, -0.2) is 9.97 Å². The number of nitriles is 1. The Bertz CT molecular complexity index is 1040. The van der Waals surface area contributed by atoms with E-state index in [-0.39, 0.29) is 5.56 Å². The molecule has 0 atom stereocenters. The highest BCUT2D eigenvalue weighted by Gasteiger charge is 2.14. The fraction of sp³-hybridized carbons (Fsp3) is 0.176. The first-order valence-electron chi connectivity index (χ1n) is 7.51. The van der Waals surface area contributed by atoms with E-state index in [0.717, 1.165) is 5.82 Å². The Hall–Kier alpha value is -2.76. The SMILES string of the molecule is COc1ccc(-c2nc(SCc3ncc(Cl)n3C)[nH]c(=O)c2C#N)cc1. The Labute approximate surface area is 158 Å². The topological polar surface area (TPSA) is 96.6 Å². The van der Waals surface area contributed by atoms with Gasteiger partial charge >= 0.3 is 0 Å². The maximum absolute atomic E-state index is 12.3. The number of benzene rings is 1. The van der Waals surface area contributed by atoms with Crippen LogP contribution in [0.1, 0.15) is 11.4 Å². The normalized spacial score (nSPS) is 10.5. The molecule has 0 saturated carbocycles. The quantitative estimate of drug-likeness (QED) is 0.534. The lowest BCUT2D eigenvalue weighted by atomic mass is 10.1. The van der Waals surface area contributed by atoms with Crippen LogP contribution in [0.3, 0.4) is 0 Å². The number of methoxy groups -OCH3 is 1. The maximum atomic E-state index is 12.3. The van der Waals surface area contributed by atoms with Gasteiger partial charge in [0.1, 0.15) is 28.4 Å². The van der Waals surface area contributed by atoms with Crippen LogP contribution in [-0.2, 0) is 12.8 Å². The number of H-pyrrole nitrogens is 1. The number of hydrogen-bond donors (Lipinski definition) is 1. The van der Waals surface area contributed by atoms with Crippen LogP contribution in [0.5, 0.6) is 5.75 Å². The van der Waals surface area contributed by atoms with Gasteiger partial charge in [-0.2, -0.15) is 5.26 Å². The fourth-order valence-corrected chi connectivity index (χ4v) is 3.27. The number of ether oxygens (including phenoxy) is 1. The first kappa shape index (κ1) is 18.0. The van der Waals surface area contributed by atoms with Crippen LogP contribution >= 0.6 is 23.4 Å². The largest absolute Gasteiger partial charge is 0.497 e. The molecule has 2 heterocycles. The van der Waals surface area contributed by atoms with Crippen molar-refractivity contribution < 1.29 is 4.74 Å². The Morgan fingerprint density at radius 2 is 2.12 bits per heavy atom. The molecule has 0 fully saturated rings. The first-order chi connectivity index (χ1) is 12.5. The standard InChI is InChI=1S/C17H14ClN5O2S/c1-23-13(18)8-20-14(23)9-26-17-21-15(12(7-19)16(24)22-17)10-3-5-11(25-2)6-4-10/h3-6,8H,9H2,1-2H3,(H,21,22,24). The van der Waals surface area contributed by atoms with E-state index in [1.807, 2.05) is 13.1 Å². The number of imidazole rings is 1. The van der Waals surface area contributed by atoms with Crippen LogP contribution < -0.4 is 10.3 Å². The highest BCUT2D eigenvalue weighted by Crippen LogP contribution is 2.25. The number of halogens is 1. The summed E-state index contributed by atoms with van der Waals surface area (Å²) in [5.74, 6) is 1.90. The predicted molar refractivity (Wildman–Crippen MR) is 99.3 cm³/mol. The van der Waals surface area contributed by atoms with Crippen molar-refractivity contribution in [3.05, 3.63) is 57.4 Å². The number of hydrogen-bond acceptors (Lipinski definition) is 6.